The summed E-state index contributed by atoms with van der Waals surface area (Å²) < 4.78 is 0. The van der Waals surface area contributed by atoms with Gasteiger partial charge in [-0.1, -0.05) is 30.3 Å². The number of hydrogen-bond acceptors (Lipinski definition) is 4. The van der Waals surface area contributed by atoms with E-state index in [4.69, 9.17) is 10.2 Å². The zero-order chi connectivity index (χ0) is 20.0. The van der Waals surface area contributed by atoms with Crippen LogP contribution in [0.1, 0.15) is 38.9 Å². The van der Waals surface area contributed by atoms with E-state index in [9.17, 15) is 14.7 Å². The number of aliphatic hydroxyl groups is 1. The summed E-state index contributed by atoms with van der Waals surface area (Å²) in [5.74, 6) is -2.22. The van der Waals surface area contributed by atoms with Gasteiger partial charge in [0.05, 0.1) is 22.7 Å². The zero-order valence-electron chi connectivity index (χ0n) is 15.1. The average Bonchev–Trinajstić information content (AvgIpc) is 2.61. The number of aromatic nitrogens is 1. The minimum absolute atomic E-state index is 0.0277. The molecule has 0 aliphatic carbocycles. The van der Waals surface area contributed by atoms with Gasteiger partial charge in [0.25, 0.3) is 0 Å². The summed E-state index contributed by atoms with van der Waals surface area (Å²) in [6.45, 7) is 3.25. The molecule has 6 heteroatoms. The van der Waals surface area contributed by atoms with E-state index in [1.54, 1.807) is 6.92 Å². The Labute approximate surface area is 156 Å². The molecule has 1 heterocycles. The predicted molar refractivity (Wildman–Crippen MR) is 102 cm³/mol. The SMILES string of the molecule is CC(O)Cc1ccc2ccccc2n1.Cc1c(C(=O)O)cccc1C(=O)O. The number of carboxylic acid groups (broad SMARTS) is 2. The van der Waals surface area contributed by atoms with Crippen molar-refractivity contribution in [2.45, 2.75) is 26.4 Å². The van der Waals surface area contributed by atoms with Crippen molar-refractivity contribution in [3.63, 3.8) is 0 Å². The molecule has 0 saturated heterocycles. The summed E-state index contributed by atoms with van der Waals surface area (Å²) in [4.78, 5) is 25.7. The van der Waals surface area contributed by atoms with Gasteiger partial charge in [0.2, 0.25) is 0 Å². The highest BCUT2D eigenvalue weighted by Crippen LogP contribution is 2.14. The van der Waals surface area contributed by atoms with E-state index in [2.05, 4.69) is 4.98 Å². The molecular formula is C21H21NO5. The number of fused-ring (bicyclic) bond motifs is 1. The van der Waals surface area contributed by atoms with Crippen LogP contribution in [0.4, 0.5) is 0 Å². The van der Waals surface area contributed by atoms with Crippen LogP contribution in [-0.2, 0) is 6.42 Å². The number of aromatic carboxylic acids is 2. The molecule has 0 aliphatic heterocycles. The Morgan fingerprint density at radius 3 is 2.07 bits per heavy atom. The number of rotatable bonds is 4. The van der Waals surface area contributed by atoms with Crippen molar-refractivity contribution in [1.82, 2.24) is 4.98 Å². The predicted octanol–water partition coefficient (Wildman–Crippen LogP) is 3.55. The Hall–Kier alpha value is -3.25. The van der Waals surface area contributed by atoms with Crippen molar-refractivity contribution in [3.05, 3.63) is 77.0 Å². The average molecular weight is 367 g/mol. The van der Waals surface area contributed by atoms with Crippen molar-refractivity contribution in [2.24, 2.45) is 0 Å². The zero-order valence-corrected chi connectivity index (χ0v) is 15.1. The van der Waals surface area contributed by atoms with Gasteiger partial charge in [0.1, 0.15) is 0 Å². The van der Waals surface area contributed by atoms with Gasteiger partial charge in [0, 0.05) is 17.5 Å². The maximum atomic E-state index is 10.6. The highest BCUT2D eigenvalue weighted by Gasteiger charge is 2.13. The minimum Gasteiger partial charge on any atom is -0.478 e. The molecular weight excluding hydrogens is 346 g/mol. The molecule has 0 amide bonds. The van der Waals surface area contributed by atoms with Crippen LogP contribution < -0.4 is 0 Å². The first-order valence-corrected chi connectivity index (χ1v) is 8.38. The number of pyridine rings is 1. The van der Waals surface area contributed by atoms with E-state index in [1.807, 2.05) is 36.4 Å². The van der Waals surface area contributed by atoms with Crippen LogP contribution in [0, 0.1) is 6.92 Å². The molecule has 6 nitrogen and oxygen atoms in total. The Morgan fingerprint density at radius 2 is 1.52 bits per heavy atom. The fraction of sp³-hybridized carbons (Fsp3) is 0.190. The molecule has 27 heavy (non-hydrogen) atoms. The summed E-state index contributed by atoms with van der Waals surface area (Å²) >= 11 is 0. The first kappa shape index (κ1) is 20.1. The summed E-state index contributed by atoms with van der Waals surface area (Å²) in [7, 11) is 0. The Kier molecular flexibility index (Phi) is 6.62. The first-order chi connectivity index (χ1) is 12.8. The van der Waals surface area contributed by atoms with Gasteiger partial charge in [-0.2, -0.15) is 0 Å². The van der Waals surface area contributed by atoms with Gasteiger partial charge < -0.3 is 15.3 Å². The van der Waals surface area contributed by atoms with E-state index in [0.29, 0.717) is 6.42 Å². The molecule has 0 spiro atoms. The fourth-order valence-corrected chi connectivity index (χ4v) is 2.62. The molecule has 140 valence electrons. The molecule has 0 aliphatic rings. The standard InChI is InChI=1S/C12H13NO.C9H8O4/c1-9(14)8-11-7-6-10-4-2-3-5-12(10)13-11;1-5-6(8(10)11)3-2-4-7(5)9(12)13/h2-7,9,14H,8H2,1H3;2-4H,1H3,(H,10,11)(H,12,13). The van der Waals surface area contributed by atoms with Crippen LogP contribution in [-0.4, -0.2) is 38.3 Å². The number of aliphatic hydroxyl groups excluding tert-OH is 1. The van der Waals surface area contributed by atoms with Crippen LogP contribution in [0.5, 0.6) is 0 Å². The second-order valence-corrected chi connectivity index (χ2v) is 6.14. The topological polar surface area (TPSA) is 108 Å². The molecule has 1 unspecified atom stereocenters. The van der Waals surface area contributed by atoms with Gasteiger partial charge in [-0.05, 0) is 43.7 Å². The first-order valence-electron chi connectivity index (χ1n) is 8.38. The third-order valence-corrected chi connectivity index (χ3v) is 3.96. The van der Waals surface area contributed by atoms with Gasteiger partial charge in [-0.25, -0.2) is 9.59 Å². The van der Waals surface area contributed by atoms with Gasteiger partial charge >= 0.3 is 11.9 Å². The third kappa shape index (κ3) is 5.36. The van der Waals surface area contributed by atoms with Crippen molar-refractivity contribution in [3.8, 4) is 0 Å². The van der Waals surface area contributed by atoms with Gasteiger partial charge in [-0.3, -0.25) is 4.98 Å². The number of nitrogens with zero attached hydrogens (tertiary/aromatic N) is 1. The number of hydrogen-bond donors (Lipinski definition) is 3. The molecule has 0 radical (unpaired) electrons. The van der Waals surface area contributed by atoms with Crippen molar-refractivity contribution >= 4 is 22.8 Å². The third-order valence-electron chi connectivity index (χ3n) is 3.96. The molecule has 3 N–H and O–H groups in total. The maximum absolute atomic E-state index is 10.6. The fourth-order valence-electron chi connectivity index (χ4n) is 2.62. The molecule has 0 bridgehead atoms. The van der Waals surface area contributed by atoms with Crippen molar-refractivity contribution in [1.29, 1.82) is 0 Å². The number of carboxylic acids is 2. The second kappa shape index (κ2) is 8.91. The lowest BCUT2D eigenvalue weighted by atomic mass is 10.0. The van der Waals surface area contributed by atoms with Crippen LogP contribution in [0.2, 0.25) is 0 Å². The number of carbonyl (C=O) groups is 2. The van der Waals surface area contributed by atoms with E-state index >= 15 is 0 Å². The van der Waals surface area contributed by atoms with Gasteiger partial charge in [0.15, 0.2) is 0 Å². The number of benzene rings is 2. The molecule has 3 aromatic rings. The van der Waals surface area contributed by atoms with E-state index < -0.39 is 11.9 Å². The van der Waals surface area contributed by atoms with Crippen LogP contribution in [0.25, 0.3) is 10.9 Å². The lowest BCUT2D eigenvalue weighted by Crippen LogP contribution is -2.06. The summed E-state index contributed by atoms with van der Waals surface area (Å²) in [6, 6.07) is 16.2. The lowest BCUT2D eigenvalue weighted by molar-refractivity contribution is 0.0696. The minimum atomic E-state index is -1.11. The van der Waals surface area contributed by atoms with Crippen LogP contribution in [0.3, 0.4) is 0 Å². The van der Waals surface area contributed by atoms with Gasteiger partial charge in [-0.15, -0.1) is 0 Å². The molecule has 2 aromatic carbocycles. The Bertz CT molecular complexity index is 933. The summed E-state index contributed by atoms with van der Waals surface area (Å²) in [6.07, 6.45) is 0.286. The Balaban J connectivity index is 0.000000194. The van der Waals surface area contributed by atoms with E-state index in [-0.39, 0.29) is 22.8 Å². The number of para-hydroxylation sites is 1. The summed E-state index contributed by atoms with van der Waals surface area (Å²) in [5, 5.41) is 27.7. The van der Waals surface area contributed by atoms with Crippen molar-refractivity contribution < 1.29 is 24.9 Å². The second-order valence-electron chi connectivity index (χ2n) is 6.14. The van der Waals surface area contributed by atoms with E-state index in [0.717, 1.165) is 16.6 Å². The molecule has 3 rings (SSSR count). The monoisotopic (exact) mass is 367 g/mol. The van der Waals surface area contributed by atoms with E-state index in [1.165, 1.54) is 25.1 Å². The van der Waals surface area contributed by atoms with Crippen LogP contribution >= 0.6 is 0 Å². The maximum Gasteiger partial charge on any atom is 0.335 e. The lowest BCUT2D eigenvalue weighted by Gasteiger charge is -2.04. The Morgan fingerprint density at radius 1 is 0.926 bits per heavy atom. The normalized spacial score (nSPS) is 11.4. The van der Waals surface area contributed by atoms with Crippen LogP contribution in [0.15, 0.2) is 54.6 Å². The molecule has 0 saturated carbocycles. The van der Waals surface area contributed by atoms with Crippen molar-refractivity contribution in [2.75, 3.05) is 0 Å². The largest absolute Gasteiger partial charge is 0.478 e. The smallest absolute Gasteiger partial charge is 0.335 e. The highest BCUT2D eigenvalue weighted by atomic mass is 16.4. The summed E-state index contributed by atoms with van der Waals surface area (Å²) in [5.41, 5.74) is 2.27. The molecule has 1 atom stereocenters. The quantitative estimate of drug-likeness (QED) is 0.651. The highest BCUT2D eigenvalue weighted by molar-refractivity contribution is 5.96. The molecule has 0 fully saturated rings. The molecule has 1 aromatic heterocycles.